The molecule has 0 radical (unpaired) electrons. The number of nitrogens with one attached hydrogen (secondary N) is 1. The largest absolute Gasteiger partial charge is 0.493 e. The average Bonchev–Trinajstić information content (AvgIpc) is 2.61. The van der Waals surface area contributed by atoms with Crippen molar-refractivity contribution in [3.05, 3.63) is 47.1 Å². The van der Waals surface area contributed by atoms with Gasteiger partial charge in [0.25, 0.3) is 0 Å². The van der Waals surface area contributed by atoms with E-state index < -0.39 is 0 Å². The van der Waals surface area contributed by atoms with Crippen LogP contribution < -0.4 is 19.5 Å². The highest BCUT2D eigenvalue weighted by Crippen LogP contribution is 2.41. The highest BCUT2D eigenvalue weighted by atomic mass is 79.9. The van der Waals surface area contributed by atoms with Gasteiger partial charge in [-0.15, -0.1) is 0 Å². The minimum absolute atomic E-state index is 0.563. The van der Waals surface area contributed by atoms with Crippen molar-refractivity contribution in [3.8, 4) is 17.2 Å². The average molecular weight is 389 g/mol. The van der Waals surface area contributed by atoms with Crippen molar-refractivity contribution in [2.75, 3.05) is 26.6 Å². The van der Waals surface area contributed by atoms with Crippen LogP contribution in [0.4, 0.5) is 11.4 Å². The molecule has 0 atom stereocenters. The summed E-state index contributed by atoms with van der Waals surface area (Å²) in [5.74, 6) is 1.76. The molecule has 0 fully saturated rings. The van der Waals surface area contributed by atoms with Crippen molar-refractivity contribution in [1.82, 2.24) is 4.98 Å². The summed E-state index contributed by atoms with van der Waals surface area (Å²) in [6, 6.07) is 11.6. The summed E-state index contributed by atoms with van der Waals surface area (Å²) in [4.78, 5) is 4.39. The zero-order valence-electron chi connectivity index (χ0n) is 13.6. The molecule has 0 aliphatic rings. The molecule has 0 saturated carbocycles. The number of benzene rings is 2. The highest BCUT2D eigenvalue weighted by Gasteiger charge is 2.14. The Morgan fingerprint density at radius 1 is 0.917 bits per heavy atom. The second-order valence-corrected chi connectivity index (χ2v) is 5.97. The molecule has 1 aromatic heterocycles. The normalized spacial score (nSPS) is 10.5. The van der Waals surface area contributed by atoms with Gasteiger partial charge in [-0.3, -0.25) is 4.98 Å². The molecule has 0 bridgehead atoms. The standard InChI is InChI=1S/C18H17BrN2O3/c1-22-16-9-12(10-17(23-2)18(16)24-3)21-15-6-7-20-14-5-4-11(19)8-13(14)15/h4-10H,1-3H3,(H,20,21). The van der Waals surface area contributed by atoms with Crippen LogP contribution in [0, 0.1) is 0 Å². The third-order valence-electron chi connectivity index (χ3n) is 3.65. The number of pyridine rings is 1. The van der Waals surface area contributed by atoms with E-state index >= 15 is 0 Å². The number of aromatic nitrogens is 1. The molecule has 24 heavy (non-hydrogen) atoms. The van der Waals surface area contributed by atoms with Gasteiger partial charge in [-0.25, -0.2) is 0 Å². The van der Waals surface area contributed by atoms with Crippen molar-refractivity contribution in [1.29, 1.82) is 0 Å². The second kappa shape index (κ2) is 6.97. The number of hydrogen-bond acceptors (Lipinski definition) is 5. The Hall–Kier alpha value is -2.47. The topological polar surface area (TPSA) is 52.6 Å². The summed E-state index contributed by atoms with van der Waals surface area (Å²) < 4.78 is 17.1. The molecule has 3 aromatic rings. The Bertz CT molecular complexity index is 858. The van der Waals surface area contributed by atoms with Crippen LogP contribution in [-0.4, -0.2) is 26.3 Å². The number of hydrogen-bond donors (Lipinski definition) is 1. The minimum atomic E-state index is 0.563. The van der Waals surface area contributed by atoms with Crippen LogP contribution in [0.3, 0.4) is 0 Å². The molecule has 1 heterocycles. The zero-order chi connectivity index (χ0) is 17.1. The molecule has 0 saturated heterocycles. The second-order valence-electron chi connectivity index (χ2n) is 5.06. The van der Waals surface area contributed by atoms with Crippen LogP contribution >= 0.6 is 15.9 Å². The molecule has 6 heteroatoms. The van der Waals surface area contributed by atoms with Crippen molar-refractivity contribution < 1.29 is 14.2 Å². The van der Waals surface area contributed by atoms with E-state index in [-0.39, 0.29) is 0 Å². The van der Waals surface area contributed by atoms with Crippen molar-refractivity contribution in [2.24, 2.45) is 0 Å². The maximum atomic E-state index is 5.40. The van der Waals surface area contributed by atoms with Gasteiger partial charge in [-0.2, -0.15) is 0 Å². The maximum Gasteiger partial charge on any atom is 0.203 e. The number of halogens is 1. The van der Waals surface area contributed by atoms with Crippen LogP contribution in [0.1, 0.15) is 0 Å². The van der Waals surface area contributed by atoms with E-state index in [9.17, 15) is 0 Å². The molecule has 0 aliphatic carbocycles. The van der Waals surface area contributed by atoms with Crippen molar-refractivity contribution in [2.45, 2.75) is 0 Å². The Kier molecular flexibility index (Phi) is 4.76. The van der Waals surface area contributed by atoms with Crippen molar-refractivity contribution >= 4 is 38.2 Å². The third-order valence-corrected chi connectivity index (χ3v) is 4.14. The van der Waals surface area contributed by atoms with E-state index in [1.54, 1.807) is 27.5 Å². The first kappa shape index (κ1) is 16.4. The number of methoxy groups -OCH3 is 3. The molecule has 2 aromatic carbocycles. The van der Waals surface area contributed by atoms with Crippen LogP contribution in [0.25, 0.3) is 10.9 Å². The predicted octanol–water partition coefficient (Wildman–Crippen LogP) is 4.77. The van der Waals surface area contributed by atoms with Gasteiger partial charge in [0.05, 0.1) is 26.8 Å². The number of fused-ring (bicyclic) bond motifs is 1. The van der Waals surface area contributed by atoms with Crippen LogP contribution in [0.5, 0.6) is 17.2 Å². The minimum Gasteiger partial charge on any atom is -0.493 e. The highest BCUT2D eigenvalue weighted by molar-refractivity contribution is 9.10. The zero-order valence-corrected chi connectivity index (χ0v) is 15.2. The smallest absolute Gasteiger partial charge is 0.203 e. The number of anilines is 2. The molecular formula is C18H17BrN2O3. The van der Waals surface area contributed by atoms with Gasteiger partial charge in [0.1, 0.15) is 0 Å². The first-order valence-electron chi connectivity index (χ1n) is 7.27. The maximum absolute atomic E-state index is 5.40. The van der Waals surface area contributed by atoms with Gasteiger partial charge in [0.15, 0.2) is 11.5 Å². The summed E-state index contributed by atoms with van der Waals surface area (Å²) in [5, 5.41) is 4.41. The molecule has 3 rings (SSSR count). The summed E-state index contributed by atoms with van der Waals surface area (Å²) in [5.41, 5.74) is 2.68. The summed E-state index contributed by atoms with van der Waals surface area (Å²) in [6.07, 6.45) is 1.77. The predicted molar refractivity (Wildman–Crippen MR) is 98.8 cm³/mol. The van der Waals surface area contributed by atoms with Gasteiger partial charge >= 0.3 is 0 Å². The van der Waals surface area contributed by atoms with Gasteiger partial charge < -0.3 is 19.5 Å². The fourth-order valence-electron chi connectivity index (χ4n) is 2.54. The van der Waals surface area contributed by atoms with E-state index in [0.29, 0.717) is 17.2 Å². The molecule has 0 unspecified atom stereocenters. The quantitative estimate of drug-likeness (QED) is 0.682. The van der Waals surface area contributed by atoms with E-state index in [4.69, 9.17) is 14.2 Å². The summed E-state index contributed by atoms with van der Waals surface area (Å²) in [6.45, 7) is 0. The van der Waals surface area contributed by atoms with E-state index in [2.05, 4.69) is 26.2 Å². The Balaban J connectivity index is 2.07. The first-order chi connectivity index (χ1) is 11.7. The van der Waals surface area contributed by atoms with Crippen LogP contribution in [0.15, 0.2) is 47.1 Å². The Morgan fingerprint density at radius 2 is 1.62 bits per heavy atom. The van der Waals surface area contributed by atoms with Crippen LogP contribution in [0.2, 0.25) is 0 Å². The van der Waals surface area contributed by atoms with Gasteiger partial charge in [0, 0.05) is 39.6 Å². The molecule has 5 nitrogen and oxygen atoms in total. The molecule has 1 N–H and O–H groups in total. The lowest BCUT2D eigenvalue weighted by molar-refractivity contribution is 0.324. The SMILES string of the molecule is COc1cc(Nc2ccnc3ccc(Br)cc23)cc(OC)c1OC. The fraction of sp³-hybridized carbons (Fsp3) is 0.167. The number of nitrogens with zero attached hydrogens (tertiary/aromatic N) is 1. The van der Waals surface area contributed by atoms with Gasteiger partial charge in [0.2, 0.25) is 5.75 Å². The lowest BCUT2D eigenvalue weighted by Crippen LogP contribution is -1.98. The molecule has 0 aliphatic heterocycles. The molecular weight excluding hydrogens is 372 g/mol. The Morgan fingerprint density at radius 3 is 2.25 bits per heavy atom. The third kappa shape index (κ3) is 3.10. The number of rotatable bonds is 5. The lowest BCUT2D eigenvalue weighted by atomic mass is 10.1. The lowest BCUT2D eigenvalue weighted by Gasteiger charge is -2.16. The summed E-state index contributed by atoms with van der Waals surface area (Å²) in [7, 11) is 4.78. The van der Waals surface area contributed by atoms with Crippen LogP contribution in [-0.2, 0) is 0 Å². The molecule has 0 spiro atoms. The number of ether oxygens (including phenoxy) is 3. The van der Waals surface area contributed by atoms with Gasteiger partial charge in [-0.05, 0) is 24.3 Å². The van der Waals surface area contributed by atoms with E-state index in [1.165, 1.54) is 0 Å². The molecule has 0 amide bonds. The Labute approximate surface area is 148 Å². The first-order valence-corrected chi connectivity index (χ1v) is 8.07. The monoisotopic (exact) mass is 388 g/mol. The summed E-state index contributed by atoms with van der Waals surface area (Å²) >= 11 is 3.50. The molecule has 124 valence electrons. The van der Waals surface area contributed by atoms with E-state index in [1.807, 2.05) is 36.4 Å². The van der Waals surface area contributed by atoms with Crippen molar-refractivity contribution in [3.63, 3.8) is 0 Å². The van der Waals surface area contributed by atoms with E-state index in [0.717, 1.165) is 26.8 Å². The fourth-order valence-corrected chi connectivity index (χ4v) is 2.90. The van der Waals surface area contributed by atoms with Gasteiger partial charge in [-0.1, -0.05) is 15.9 Å².